The molecule has 0 radical (unpaired) electrons. The molecule has 0 aliphatic carbocycles. The first-order valence-corrected chi connectivity index (χ1v) is 4.86. The van der Waals surface area contributed by atoms with Gasteiger partial charge in [0.2, 0.25) is 5.88 Å². The Balaban J connectivity index is 2.90. The van der Waals surface area contributed by atoms with E-state index < -0.39 is 0 Å². The van der Waals surface area contributed by atoms with Gasteiger partial charge in [-0.1, -0.05) is 0 Å². The smallest absolute Gasteiger partial charge is 0.218 e. The molecule has 0 saturated carbocycles. The molecule has 1 aromatic heterocycles. The van der Waals surface area contributed by atoms with Crippen LogP contribution in [0, 0.1) is 6.92 Å². The molecule has 0 unspecified atom stereocenters. The van der Waals surface area contributed by atoms with Crippen molar-refractivity contribution in [1.82, 2.24) is 9.97 Å². The van der Waals surface area contributed by atoms with Gasteiger partial charge >= 0.3 is 0 Å². The average Bonchev–Trinajstić information content (AvgIpc) is 1.78. The lowest BCUT2D eigenvalue weighted by molar-refractivity contribution is 0.123. The summed E-state index contributed by atoms with van der Waals surface area (Å²) in [6, 6.07) is 1.82. The third-order valence-corrected chi connectivity index (χ3v) is 1.57. The van der Waals surface area contributed by atoms with Crippen molar-refractivity contribution in [2.45, 2.75) is 33.3 Å². The van der Waals surface area contributed by atoms with E-state index in [0.29, 0.717) is 10.6 Å². The predicted molar refractivity (Wildman–Crippen MR) is 54.9 cm³/mol. The molecule has 3 nitrogen and oxygen atoms in total. The first kappa shape index (κ1) is 10.4. The van der Waals surface area contributed by atoms with E-state index in [2.05, 4.69) is 25.9 Å². The van der Waals surface area contributed by atoms with E-state index in [4.69, 9.17) is 4.74 Å². The molecule has 0 amide bonds. The number of halogens is 1. The van der Waals surface area contributed by atoms with Gasteiger partial charge < -0.3 is 4.74 Å². The minimum atomic E-state index is -0.222. The van der Waals surface area contributed by atoms with Crippen molar-refractivity contribution >= 4 is 15.9 Å². The van der Waals surface area contributed by atoms with E-state index in [0.717, 1.165) is 5.69 Å². The minimum Gasteiger partial charge on any atom is -0.472 e. The number of rotatable bonds is 1. The van der Waals surface area contributed by atoms with Crippen molar-refractivity contribution in [2.24, 2.45) is 0 Å². The van der Waals surface area contributed by atoms with Crippen LogP contribution in [0.4, 0.5) is 0 Å². The maximum atomic E-state index is 5.58. The fourth-order valence-electron chi connectivity index (χ4n) is 0.871. The molecule has 0 bridgehead atoms. The SMILES string of the molecule is Cc1cc(OC(C)(C)C)nc(Br)n1. The lowest BCUT2D eigenvalue weighted by atomic mass is 10.2. The first-order valence-electron chi connectivity index (χ1n) is 4.07. The van der Waals surface area contributed by atoms with Crippen molar-refractivity contribution in [3.63, 3.8) is 0 Å². The van der Waals surface area contributed by atoms with Crippen LogP contribution in [0.25, 0.3) is 0 Å². The number of hydrogen-bond donors (Lipinski definition) is 0. The van der Waals surface area contributed by atoms with Crippen LogP contribution in [0.5, 0.6) is 5.88 Å². The van der Waals surface area contributed by atoms with Gasteiger partial charge in [0.25, 0.3) is 0 Å². The summed E-state index contributed by atoms with van der Waals surface area (Å²) in [5.74, 6) is 0.604. The van der Waals surface area contributed by atoms with Crippen LogP contribution in [-0.2, 0) is 0 Å². The van der Waals surface area contributed by atoms with E-state index in [1.807, 2.05) is 33.8 Å². The highest BCUT2D eigenvalue weighted by Crippen LogP contribution is 2.17. The fraction of sp³-hybridized carbons (Fsp3) is 0.556. The summed E-state index contributed by atoms with van der Waals surface area (Å²) in [7, 11) is 0. The van der Waals surface area contributed by atoms with Gasteiger partial charge in [0.15, 0.2) is 4.73 Å². The summed E-state index contributed by atoms with van der Waals surface area (Å²) in [5.41, 5.74) is 0.668. The van der Waals surface area contributed by atoms with E-state index in [1.54, 1.807) is 0 Å². The summed E-state index contributed by atoms with van der Waals surface area (Å²) >= 11 is 3.22. The van der Waals surface area contributed by atoms with E-state index >= 15 is 0 Å². The van der Waals surface area contributed by atoms with Gasteiger partial charge in [-0.3, -0.25) is 0 Å². The van der Waals surface area contributed by atoms with Crippen molar-refractivity contribution in [3.8, 4) is 5.88 Å². The Morgan fingerprint density at radius 3 is 2.38 bits per heavy atom. The molecule has 0 aromatic carbocycles. The average molecular weight is 245 g/mol. The Morgan fingerprint density at radius 2 is 1.92 bits per heavy atom. The van der Waals surface area contributed by atoms with E-state index in [-0.39, 0.29) is 5.60 Å². The highest BCUT2D eigenvalue weighted by atomic mass is 79.9. The number of nitrogens with zero attached hydrogens (tertiary/aromatic N) is 2. The Labute approximate surface area is 86.7 Å². The molecule has 1 rings (SSSR count). The van der Waals surface area contributed by atoms with Crippen molar-refractivity contribution in [1.29, 1.82) is 0 Å². The van der Waals surface area contributed by atoms with Gasteiger partial charge in [-0.15, -0.1) is 0 Å². The molecule has 0 fully saturated rings. The molecule has 4 heteroatoms. The van der Waals surface area contributed by atoms with Crippen LogP contribution >= 0.6 is 15.9 Å². The third-order valence-electron chi connectivity index (χ3n) is 1.21. The van der Waals surface area contributed by atoms with Crippen molar-refractivity contribution in [3.05, 3.63) is 16.5 Å². The molecule has 0 aliphatic rings. The Bertz CT molecular complexity index is 287. The van der Waals surface area contributed by atoms with Crippen LogP contribution in [0.2, 0.25) is 0 Å². The molecule has 0 atom stereocenters. The molecule has 0 aliphatic heterocycles. The van der Waals surface area contributed by atoms with Crippen LogP contribution in [-0.4, -0.2) is 15.6 Å². The third kappa shape index (κ3) is 3.72. The number of ether oxygens (including phenoxy) is 1. The first-order chi connectivity index (χ1) is 5.87. The number of aryl methyl sites for hydroxylation is 1. The maximum Gasteiger partial charge on any atom is 0.218 e. The Hall–Kier alpha value is -0.640. The summed E-state index contributed by atoms with van der Waals surface area (Å²) in [4.78, 5) is 8.19. The Morgan fingerprint density at radius 1 is 1.31 bits per heavy atom. The van der Waals surface area contributed by atoms with Crippen LogP contribution < -0.4 is 4.74 Å². The van der Waals surface area contributed by atoms with Gasteiger partial charge in [-0.25, -0.2) is 4.98 Å². The van der Waals surface area contributed by atoms with Crippen molar-refractivity contribution in [2.75, 3.05) is 0 Å². The van der Waals surface area contributed by atoms with Gasteiger partial charge in [-0.05, 0) is 43.6 Å². The van der Waals surface area contributed by atoms with Gasteiger partial charge in [0.05, 0.1) is 0 Å². The molecule has 1 aromatic rings. The number of aromatic nitrogens is 2. The highest BCUT2D eigenvalue weighted by Gasteiger charge is 2.13. The zero-order valence-corrected chi connectivity index (χ0v) is 9.84. The summed E-state index contributed by atoms with van der Waals surface area (Å²) in [6.45, 7) is 7.86. The summed E-state index contributed by atoms with van der Waals surface area (Å²) < 4.78 is 6.14. The minimum absolute atomic E-state index is 0.222. The zero-order chi connectivity index (χ0) is 10.1. The Kier molecular flexibility index (Phi) is 2.91. The molecule has 72 valence electrons. The second-order valence-electron chi connectivity index (χ2n) is 3.83. The van der Waals surface area contributed by atoms with E-state index in [1.165, 1.54) is 0 Å². The highest BCUT2D eigenvalue weighted by molar-refractivity contribution is 9.10. The number of hydrogen-bond acceptors (Lipinski definition) is 3. The van der Waals surface area contributed by atoms with Crippen LogP contribution in [0.3, 0.4) is 0 Å². The second-order valence-corrected chi connectivity index (χ2v) is 4.54. The zero-order valence-electron chi connectivity index (χ0n) is 8.26. The molecular weight excluding hydrogens is 232 g/mol. The molecule has 0 N–H and O–H groups in total. The largest absolute Gasteiger partial charge is 0.472 e. The van der Waals surface area contributed by atoms with Gasteiger partial charge in [0, 0.05) is 11.8 Å². The van der Waals surface area contributed by atoms with Crippen LogP contribution in [0.1, 0.15) is 26.5 Å². The predicted octanol–water partition coefficient (Wildman–Crippen LogP) is 2.72. The van der Waals surface area contributed by atoms with Gasteiger partial charge in [0.1, 0.15) is 5.60 Å². The quantitative estimate of drug-likeness (QED) is 0.713. The summed E-state index contributed by atoms with van der Waals surface area (Å²) in [6.07, 6.45) is 0. The molecule has 0 saturated heterocycles. The maximum absolute atomic E-state index is 5.58. The molecule has 1 heterocycles. The van der Waals surface area contributed by atoms with E-state index in [9.17, 15) is 0 Å². The molecule has 0 spiro atoms. The fourth-order valence-corrected chi connectivity index (χ4v) is 1.33. The standard InChI is InChI=1S/C9H13BrN2O/c1-6-5-7(12-8(10)11-6)13-9(2,3)4/h5H,1-4H3. The summed E-state index contributed by atoms with van der Waals surface area (Å²) in [5, 5.41) is 0. The monoisotopic (exact) mass is 244 g/mol. The normalized spacial score (nSPS) is 11.5. The van der Waals surface area contributed by atoms with Crippen LogP contribution in [0.15, 0.2) is 10.8 Å². The van der Waals surface area contributed by atoms with Crippen molar-refractivity contribution < 1.29 is 4.74 Å². The molecular formula is C9H13BrN2O. The topological polar surface area (TPSA) is 35.0 Å². The molecule has 13 heavy (non-hydrogen) atoms. The van der Waals surface area contributed by atoms with Gasteiger partial charge in [-0.2, -0.15) is 4.98 Å². The lowest BCUT2D eigenvalue weighted by Gasteiger charge is -2.20. The lowest BCUT2D eigenvalue weighted by Crippen LogP contribution is -2.23. The second kappa shape index (κ2) is 3.62.